The van der Waals surface area contributed by atoms with Gasteiger partial charge in [0.05, 0.1) is 17.0 Å². The zero-order valence-corrected chi connectivity index (χ0v) is 10.6. The molecule has 3 rings (SSSR count). The second-order valence-electron chi connectivity index (χ2n) is 4.27. The van der Waals surface area contributed by atoms with Gasteiger partial charge in [-0.3, -0.25) is 0 Å². The molecule has 2 aromatic rings. The summed E-state index contributed by atoms with van der Waals surface area (Å²) >= 11 is 4.97. The maximum atomic E-state index is 5.61. The molecule has 1 unspecified atom stereocenters. The quantitative estimate of drug-likeness (QED) is 0.836. The van der Waals surface area contributed by atoms with Crippen LogP contribution in [0.1, 0.15) is 6.92 Å². The number of hydrogen-bond acceptors (Lipinski definition) is 5. The third kappa shape index (κ3) is 1.76. The molecular weight excluding hydrogens is 252 g/mol. The smallest absolute Gasteiger partial charge is 0.231 e. The Labute approximate surface area is 109 Å². The van der Waals surface area contributed by atoms with Crippen LogP contribution in [0.4, 0.5) is 0 Å². The highest BCUT2D eigenvalue weighted by Crippen LogP contribution is 2.35. The molecule has 6 nitrogen and oxygen atoms in total. The van der Waals surface area contributed by atoms with Gasteiger partial charge in [0.15, 0.2) is 11.5 Å². The molecule has 7 heteroatoms. The Bertz CT molecular complexity index is 625. The number of rotatable bonds is 3. The second kappa shape index (κ2) is 4.09. The number of thiocarbonyl (C=S) groups is 1. The van der Waals surface area contributed by atoms with Crippen LogP contribution in [0, 0.1) is 5.92 Å². The van der Waals surface area contributed by atoms with E-state index in [1.165, 1.54) is 0 Å². The Morgan fingerprint density at radius 2 is 2.22 bits per heavy atom. The van der Waals surface area contributed by atoms with Gasteiger partial charge in [-0.1, -0.05) is 24.4 Å². The number of aromatic nitrogens is 3. The average Bonchev–Trinajstić information content (AvgIpc) is 2.93. The number of nitrogens with zero attached hydrogens (tertiary/aromatic N) is 3. The van der Waals surface area contributed by atoms with E-state index in [0.717, 1.165) is 11.0 Å². The van der Waals surface area contributed by atoms with Crippen LogP contribution in [0.15, 0.2) is 12.1 Å². The summed E-state index contributed by atoms with van der Waals surface area (Å²) in [6, 6.07) is 3.70. The van der Waals surface area contributed by atoms with Gasteiger partial charge >= 0.3 is 0 Å². The van der Waals surface area contributed by atoms with Crippen molar-refractivity contribution in [2.45, 2.75) is 13.5 Å². The molecule has 0 saturated heterocycles. The minimum absolute atomic E-state index is 0.0651. The number of nitrogens with two attached hydrogens (primary N) is 1. The summed E-state index contributed by atoms with van der Waals surface area (Å²) in [5.41, 5.74) is 7.28. The van der Waals surface area contributed by atoms with Crippen molar-refractivity contribution in [3.05, 3.63) is 12.1 Å². The molecule has 1 aliphatic rings. The summed E-state index contributed by atoms with van der Waals surface area (Å²) in [7, 11) is 0. The van der Waals surface area contributed by atoms with Crippen LogP contribution in [0.2, 0.25) is 0 Å². The van der Waals surface area contributed by atoms with Crippen LogP contribution in [0.3, 0.4) is 0 Å². The average molecular weight is 264 g/mol. The Balaban J connectivity index is 2.01. The summed E-state index contributed by atoms with van der Waals surface area (Å²) in [5.74, 6) is 1.49. The van der Waals surface area contributed by atoms with Gasteiger partial charge in [-0.05, 0) is 0 Å². The predicted octanol–water partition coefficient (Wildman–Crippen LogP) is 1.08. The van der Waals surface area contributed by atoms with E-state index in [0.29, 0.717) is 23.0 Å². The number of benzene rings is 1. The summed E-state index contributed by atoms with van der Waals surface area (Å²) in [6.45, 7) is 2.81. The monoisotopic (exact) mass is 264 g/mol. The Morgan fingerprint density at radius 1 is 1.50 bits per heavy atom. The van der Waals surface area contributed by atoms with Gasteiger partial charge < -0.3 is 15.2 Å². The summed E-state index contributed by atoms with van der Waals surface area (Å²) < 4.78 is 12.4. The topological polar surface area (TPSA) is 75.2 Å². The van der Waals surface area contributed by atoms with Gasteiger partial charge in [-0.15, -0.1) is 5.10 Å². The highest BCUT2D eigenvalue weighted by Gasteiger charge is 2.18. The molecule has 0 saturated carbocycles. The van der Waals surface area contributed by atoms with E-state index < -0.39 is 0 Å². The minimum atomic E-state index is 0.0651. The minimum Gasteiger partial charge on any atom is -0.454 e. The molecule has 0 aliphatic carbocycles. The molecule has 0 spiro atoms. The van der Waals surface area contributed by atoms with Crippen molar-refractivity contribution < 1.29 is 9.47 Å². The maximum absolute atomic E-state index is 5.61. The number of fused-ring (bicyclic) bond motifs is 2. The number of ether oxygens (including phenoxy) is 2. The molecule has 1 atom stereocenters. The lowest BCUT2D eigenvalue weighted by Crippen LogP contribution is -2.23. The molecule has 1 aromatic carbocycles. The van der Waals surface area contributed by atoms with Crippen LogP contribution in [0.25, 0.3) is 11.0 Å². The third-order valence-corrected chi connectivity index (χ3v) is 3.34. The molecule has 1 aromatic heterocycles. The van der Waals surface area contributed by atoms with Crippen LogP contribution >= 0.6 is 12.2 Å². The molecule has 0 fully saturated rings. The highest BCUT2D eigenvalue weighted by atomic mass is 32.1. The zero-order valence-electron chi connectivity index (χ0n) is 9.79. The fraction of sp³-hybridized carbons (Fsp3) is 0.364. The molecule has 0 bridgehead atoms. The first kappa shape index (κ1) is 11.2. The highest BCUT2D eigenvalue weighted by molar-refractivity contribution is 7.80. The first-order valence-corrected chi connectivity index (χ1v) is 5.98. The standard InChI is InChI=1S/C11H12N4O2S/c1-6(11(12)18)4-15-8-3-10-9(16-5-17-10)2-7(8)13-14-15/h2-3,6H,4-5H2,1H3,(H2,12,18). The summed E-state index contributed by atoms with van der Waals surface area (Å²) in [6.07, 6.45) is 0. The molecule has 1 aliphatic heterocycles. The van der Waals surface area contributed by atoms with Crippen molar-refractivity contribution in [3.8, 4) is 11.5 Å². The third-order valence-electron chi connectivity index (χ3n) is 2.94. The van der Waals surface area contributed by atoms with E-state index in [2.05, 4.69) is 10.3 Å². The first-order valence-electron chi connectivity index (χ1n) is 5.57. The molecule has 0 radical (unpaired) electrons. The summed E-state index contributed by atoms with van der Waals surface area (Å²) in [5, 5.41) is 8.20. The Hall–Kier alpha value is -1.89. The van der Waals surface area contributed by atoms with Gasteiger partial charge in [0.1, 0.15) is 5.52 Å². The van der Waals surface area contributed by atoms with E-state index in [1.54, 1.807) is 4.68 Å². The maximum Gasteiger partial charge on any atom is 0.231 e. The lowest BCUT2D eigenvalue weighted by molar-refractivity contribution is 0.174. The molecule has 94 valence electrons. The van der Waals surface area contributed by atoms with Gasteiger partial charge in [0.2, 0.25) is 6.79 Å². The molecular formula is C11H12N4O2S. The van der Waals surface area contributed by atoms with Crippen molar-refractivity contribution in [2.24, 2.45) is 11.7 Å². The van der Waals surface area contributed by atoms with Gasteiger partial charge in [-0.2, -0.15) is 0 Å². The van der Waals surface area contributed by atoms with Crippen LogP contribution in [-0.2, 0) is 6.54 Å². The van der Waals surface area contributed by atoms with E-state index in [1.807, 2.05) is 19.1 Å². The molecule has 0 amide bonds. The molecule has 2 heterocycles. The number of hydrogen-bond donors (Lipinski definition) is 1. The normalized spacial score (nSPS) is 14.9. The fourth-order valence-electron chi connectivity index (χ4n) is 1.84. The van der Waals surface area contributed by atoms with Crippen molar-refractivity contribution in [1.29, 1.82) is 0 Å². The van der Waals surface area contributed by atoms with Crippen LogP contribution in [-0.4, -0.2) is 26.8 Å². The van der Waals surface area contributed by atoms with E-state index in [-0.39, 0.29) is 12.7 Å². The largest absolute Gasteiger partial charge is 0.454 e. The molecule has 18 heavy (non-hydrogen) atoms. The van der Waals surface area contributed by atoms with Crippen molar-refractivity contribution in [2.75, 3.05) is 6.79 Å². The summed E-state index contributed by atoms with van der Waals surface area (Å²) in [4.78, 5) is 0.472. The van der Waals surface area contributed by atoms with Gasteiger partial charge in [0.25, 0.3) is 0 Å². The lowest BCUT2D eigenvalue weighted by atomic mass is 10.2. The predicted molar refractivity (Wildman–Crippen MR) is 69.6 cm³/mol. The van der Waals surface area contributed by atoms with Crippen LogP contribution in [0.5, 0.6) is 11.5 Å². The van der Waals surface area contributed by atoms with Crippen LogP contribution < -0.4 is 15.2 Å². The van der Waals surface area contributed by atoms with Gasteiger partial charge in [0, 0.05) is 18.1 Å². The van der Waals surface area contributed by atoms with E-state index in [4.69, 9.17) is 27.4 Å². The SMILES string of the molecule is CC(Cn1nnc2cc3c(cc21)OCO3)C(N)=S. The van der Waals surface area contributed by atoms with Crippen molar-refractivity contribution in [3.63, 3.8) is 0 Å². The zero-order chi connectivity index (χ0) is 12.7. The second-order valence-corrected chi connectivity index (χ2v) is 4.74. The molecule has 2 N–H and O–H groups in total. The lowest BCUT2D eigenvalue weighted by Gasteiger charge is -2.09. The van der Waals surface area contributed by atoms with E-state index in [9.17, 15) is 0 Å². The van der Waals surface area contributed by atoms with Gasteiger partial charge in [-0.25, -0.2) is 4.68 Å². The van der Waals surface area contributed by atoms with Crippen molar-refractivity contribution in [1.82, 2.24) is 15.0 Å². The fourth-order valence-corrected chi connectivity index (χ4v) is 1.92. The first-order chi connectivity index (χ1) is 8.65. The van der Waals surface area contributed by atoms with Crippen molar-refractivity contribution >= 4 is 28.2 Å². The Kier molecular flexibility index (Phi) is 2.55. The Morgan fingerprint density at radius 3 is 2.94 bits per heavy atom. The van der Waals surface area contributed by atoms with E-state index >= 15 is 0 Å².